The van der Waals surface area contributed by atoms with Gasteiger partial charge in [-0.05, 0) is 36.6 Å². The van der Waals surface area contributed by atoms with Crippen LogP contribution in [0.3, 0.4) is 0 Å². The lowest BCUT2D eigenvalue weighted by molar-refractivity contribution is -0.137. The molecule has 0 aliphatic carbocycles. The van der Waals surface area contributed by atoms with Crippen LogP contribution < -0.4 is 5.73 Å². The number of nitrogens with two attached hydrogens (primary N) is 1. The number of carbonyl (C=O) groups excluding carboxylic acids is 1. The fourth-order valence-electron chi connectivity index (χ4n) is 2.59. The number of amides is 1. The Balaban J connectivity index is 0.00000200. The van der Waals surface area contributed by atoms with Gasteiger partial charge in [0, 0.05) is 29.1 Å². The Morgan fingerprint density at radius 1 is 1.50 bits per heavy atom. The van der Waals surface area contributed by atoms with Gasteiger partial charge < -0.3 is 10.6 Å². The topological polar surface area (TPSA) is 46.3 Å². The molecular weight excluding hydrogens is 319 g/mol. The van der Waals surface area contributed by atoms with E-state index in [0.29, 0.717) is 23.1 Å². The van der Waals surface area contributed by atoms with Gasteiger partial charge in [0.15, 0.2) is 0 Å². The van der Waals surface area contributed by atoms with E-state index in [1.165, 1.54) is 0 Å². The van der Waals surface area contributed by atoms with Crippen LogP contribution in [0.5, 0.6) is 0 Å². The van der Waals surface area contributed by atoms with Crippen LogP contribution in [0.25, 0.3) is 0 Å². The molecule has 1 aromatic carbocycles. The molecule has 1 aliphatic heterocycles. The molecule has 1 amide bonds. The van der Waals surface area contributed by atoms with Crippen molar-refractivity contribution in [1.29, 1.82) is 0 Å². The summed E-state index contributed by atoms with van der Waals surface area (Å²) >= 11 is 12.3. The molecule has 0 spiro atoms. The summed E-state index contributed by atoms with van der Waals surface area (Å²) in [4.78, 5) is 14.2. The summed E-state index contributed by atoms with van der Waals surface area (Å²) < 4.78 is 0. The monoisotopic (exact) mass is 336 g/mol. The molecule has 0 fully saturated rings. The van der Waals surface area contributed by atoms with E-state index >= 15 is 0 Å². The molecule has 112 valence electrons. The molecule has 3 nitrogen and oxygen atoms in total. The average Bonchev–Trinajstić information content (AvgIpc) is 2.36. The molecule has 1 heterocycles. The van der Waals surface area contributed by atoms with Crippen molar-refractivity contribution in [3.8, 4) is 0 Å². The van der Waals surface area contributed by atoms with Crippen LogP contribution in [0.15, 0.2) is 12.1 Å². The second kappa shape index (κ2) is 6.99. The van der Waals surface area contributed by atoms with E-state index in [2.05, 4.69) is 0 Å². The highest BCUT2D eigenvalue weighted by Crippen LogP contribution is 2.37. The minimum absolute atomic E-state index is 0. The van der Waals surface area contributed by atoms with Gasteiger partial charge in [-0.1, -0.05) is 30.1 Å². The molecule has 2 N–H and O–H groups in total. The van der Waals surface area contributed by atoms with Crippen molar-refractivity contribution in [1.82, 2.24) is 4.90 Å². The van der Waals surface area contributed by atoms with Gasteiger partial charge in [0.2, 0.25) is 5.91 Å². The Hall–Kier alpha value is -0.480. The Labute approximate surface area is 135 Å². The summed E-state index contributed by atoms with van der Waals surface area (Å²) in [5, 5.41) is 1.28. The van der Waals surface area contributed by atoms with Crippen LogP contribution in [0.2, 0.25) is 10.0 Å². The van der Waals surface area contributed by atoms with Gasteiger partial charge in [0.05, 0.1) is 6.04 Å². The molecule has 2 rings (SSSR count). The number of carbonyl (C=O) groups is 1. The van der Waals surface area contributed by atoms with Crippen molar-refractivity contribution in [3.63, 3.8) is 0 Å². The number of halogens is 3. The first-order valence-corrected chi connectivity index (χ1v) is 7.19. The van der Waals surface area contributed by atoms with E-state index in [-0.39, 0.29) is 30.3 Å². The van der Waals surface area contributed by atoms with E-state index in [4.69, 9.17) is 28.9 Å². The minimum atomic E-state index is -0.157. The Bertz CT molecular complexity index is 507. The van der Waals surface area contributed by atoms with Crippen LogP contribution >= 0.6 is 35.6 Å². The van der Waals surface area contributed by atoms with Crippen molar-refractivity contribution in [2.75, 3.05) is 13.1 Å². The summed E-state index contributed by atoms with van der Waals surface area (Å²) in [6.45, 7) is 4.91. The van der Waals surface area contributed by atoms with Crippen LogP contribution in [0.1, 0.15) is 31.0 Å². The Morgan fingerprint density at radius 2 is 2.15 bits per heavy atom. The van der Waals surface area contributed by atoms with Crippen LogP contribution in [0, 0.1) is 5.92 Å². The van der Waals surface area contributed by atoms with Gasteiger partial charge in [-0.25, -0.2) is 0 Å². The molecule has 1 aliphatic rings. The number of rotatable bonds is 2. The molecule has 6 heteroatoms. The van der Waals surface area contributed by atoms with Gasteiger partial charge in [-0.2, -0.15) is 0 Å². The third-order valence-electron chi connectivity index (χ3n) is 3.75. The second-order valence-electron chi connectivity index (χ2n) is 5.05. The Morgan fingerprint density at radius 3 is 2.75 bits per heavy atom. The average molecular weight is 338 g/mol. The highest BCUT2D eigenvalue weighted by atomic mass is 35.5. The van der Waals surface area contributed by atoms with E-state index in [9.17, 15) is 4.79 Å². The van der Waals surface area contributed by atoms with Crippen molar-refractivity contribution in [2.45, 2.75) is 26.3 Å². The van der Waals surface area contributed by atoms with Crippen molar-refractivity contribution >= 4 is 41.5 Å². The molecule has 0 bridgehead atoms. The standard InChI is InChI=1S/C14H18Cl2N2O.ClH/c1-8(7-17)14(19)18-4-3-10-5-11(15)6-12(16)13(10)9(18)2;/h5-6,8-9H,3-4,7,17H2,1-2H3;1H. The molecule has 2 unspecified atom stereocenters. The molecule has 2 atom stereocenters. The summed E-state index contributed by atoms with van der Waals surface area (Å²) in [7, 11) is 0. The fraction of sp³-hybridized carbons (Fsp3) is 0.500. The zero-order valence-electron chi connectivity index (χ0n) is 11.5. The highest BCUT2D eigenvalue weighted by Gasteiger charge is 2.31. The normalized spacial score (nSPS) is 19.1. The lowest BCUT2D eigenvalue weighted by atomic mass is 9.92. The number of fused-ring (bicyclic) bond motifs is 1. The largest absolute Gasteiger partial charge is 0.335 e. The molecule has 0 saturated heterocycles. The van der Waals surface area contributed by atoms with Crippen molar-refractivity contribution < 1.29 is 4.79 Å². The maximum Gasteiger partial charge on any atom is 0.227 e. The zero-order valence-corrected chi connectivity index (χ0v) is 13.9. The van der Waals surface area contributed by atoms with Gasteiger partial charge in [-0.3, -0.25) is 4.79 Å². The summed E-state index contributed by atoms with van der Waals surface area (Å²) in [6, 6.07) is 3.64. The molecule has 20 heavy (non-hydrogen) atoms. The first-order valence-electron chi connectivity index (χ1n) is 6.44. The van der Waals surface area contributed by atoms with E-state index in [1.54, 1.807) is 6.07 Å². The maximum atomic E-state index is 12.3. The van der Waals surface area contributed by atoms with Gasteiger partial charge in [0.25, 0.3) is 0 Å². The zero-order chi connectivity index (χ0) is 14.2. The molecular formula is C14H19Cl3N2O. The van der Waals surface area contributed by atoms with Crippen LogP contribution in [-0.2, 0) is 11.2 Å². The molecule has 0 saturated carbocycles. The number of benzene rings is 1. The minimum Gasteiger partial charge on any atom is -0.335 e. The number of nitrogens with zero attached hydrogens (tertiary/aromatic N) is 1. The maximum absolute atomic E-state index is 12.3. The third kappa shape index (κ3) is 3.22. The van der Waals surface area contributed by atoms with Crippen LogP contribution in [0.4, 0.5) is 0 Å². The summed E-state index contributed by atoms with van der Waals surface area (Å²) in [5.74, 6) is -0.0678. The predicted octanol–water partition coefficient (Wildman–Crippen LogP) is 3.46. The van der Waals surface area contributed by atoms with E-state index in [1.807, 2.05) is 24.8 Å². The number of hydrogen-bond acceptors (Lipinski definition) is 2. The van der Waals surface area contributed by atoms with Gasteiger partial charge in [-0.15, -0.1) is 12.4 Å². The highest BCUT2D eigenvalue weighted by molar-refractivity contribution is 6.35. The first-order chi connectivity index (χ1) is 8.95. The van der Waals surface area contributed by atoms with Crippen LogP contribution in [-0.4, -0.2) is 23.9 Å². The van der Waals surface area contributed by atoms with Crippen molar-refractivity contribution in [2.24, 2.45) is 11.7 Å². The molecule has 0 radical (unpaired) electrons. The SMILES string of the molecule is CC(CN)C(=O)N1CCc2cc(Cl)cc(Cl)c2C1C.Cl. The predicted molar refractivity (Wildman–Crippen MR) is 85.8 cm³/mol. The quantitative estimate of drug-likeness (QED) is 0.898. The lowest BCUT2D eigenvalue weighted by Gasteiger charge is -2.37. The smallest absolute Gasteiger partial charge is 0.227 e. The summed E-state index contributed by atoms with van der Waals surface area (Å²) in [5.41, 5.74) is 7.72. The summed E-state index contributed by atoms with van der Waals surface area (Å²) in [6.07, 6.45) is 0.781. The second-order valence-corrected chi connectivity index (χ2v) is 5.90. The first kappa shape index (κ1) is 17.6. The lowest BCUT2D eigenvalue weighted by Crippen LogP contribution is -2.43. The van der Waals surface area contributed by atoms with E-state index < -0.39 is 0 Å². The number of hydrogen-bond donors (Lipinski definition) is 1. The van der Waals surface area contributed by atoms with Gasteiger partial charge in [0.1, 0.15) is 0 Å². The van der Waals surface area contributed by atoms with Gasteiger partial charge >= 0.3 is 0 Å². The fourth-order valence-corrected chi connectivity index (χ4v) is 3.28. The molecule has 1 aromatic rings. The van der Waals surface area contributed by atoms with E-state index in [0.717, 1.165) is 17.5 Å². The molecule has 0 aromatic heterocycles. The third-order valence-corrected chi connectivity index (χ3v) is 4.28. The Kier molecular flexibility index (Phi) is 6.14. The van der Waals surface area contributed by atoms with Crippen molar-refractivity contribution in [3.05, 3.63) is 33.3 Å².